The quantitative estimate of drug-likeness (QED) is 0.686. The highest BCUT2D eigenvalue weighted by Gasteiger charge is 2.24. The van der Waals surface area contributed by atoms with Gasteiger partial charge in [-0.25, -0.2) is 14.6 Å². The van der Waals surface area contributed by atoms with Crippen LogP contribution in [0.25, 0.3) is 11.2 Å². The molecule has 2 N–H and O–H groups in total. The molecule has 1 amide bonds. The number of nitrogens with one attached hydrogen (secondary N) is 2. The second-order valence-corrected chi connectivity index (χ2v) is 7.74. The lowest BCUT2D eigenvalue weighted by Gasteiger charge is -2.07. The molecule has 0 bridgehead atoms. The molecule has 0 unspecified atom stereocenters. The maximum atomic E-state index is 12.6. The first-order valence-corrected chi connectivity index (χ1v) is 10.1. The monoisotopic (exact) mass is 392 g/mol. The molecule has 0 aliphatic carbocycles. The van der Waals surface area contributed by atoms with E-state index in [1.165, 1.54) is 0 Å². The van der Waals surface area contributed by atoms with Gasteiger partial charge in [0.2, 0.25) is 0 Å². The molecule has 2 aliphatic rings. The third kappa shape index (κ3) is 3.44. The molecule has 4 heterocycles. The second kappa shape index (κ2) is 7.44. The number of hydrogen-bond acceptors (Lipinski definition) is 6. The minimum Gasteiger partial charge on any atom is -0.490 e. The summed E-state index contributed by atoms with van der Waals surface area (Å²) in [5, 5.41) is 11.2. The van der Waals surface area contributed by atoms with E-state index in [4.69, 9.17) is 9.84 Å². The maximum Gasteiger partial charge on any atom is 0.251 e. The molecule has 1 fully saturated rings. The summed E-state index contributed by atoms with van der Waals surface area (Å²) in [7, 11) is 0. The minimum atomic E-state index is -0.0879. The standard InChI is InChI=1S/C21H24N6O2/c1-13-10-16-11-14(2-3-17(16)29-13)21(28)25-8-9-27-20-19(23-6-7-24-20)18(26-27)15-4-5-22-12-15/h2-3,6-7,11,13,15,22H,4-5,8-10,12H2,1H3,(H,25,28)/t13-,15-/m1/s1. The summed E-state index contributed by atoms with van der Waals surface area (Å²) < 4.78 is 7.56. The fourth-order valence-corrected chi connectivity index (χ4v) is 4.18. The molecule has 3 aromatic rings. The summed E-state index contributed by atoms with van der Waals surface area (Å²) in [4.78, 5) is 21.5. The van der Waals surface area contributed by atoms with Gasteiger partial charge in [0, 0.05) is 43.4 Å². The van der Waals surface area contributed by atoms with Crippen LogP contribution in [0.5, 0.6) is 5.75 Å². The largest absolute Gasteiger partial charge is 0.490 e. The fourth-order valence-electron chi connectivity index (χ4n) is 4.18. The third-order valence-electron chi connectivity index (χ3n) is 5.61. The fraction of sp³-hybridized carbons (Fsp3) is 0.429. The Morgan fingerprint density at radius 1 is 1.34 bits per heavy atom. The van der Waals surface area contributed by atoms with Gasteiger partial charge in [0.05, 0.1) is 12.2 Å². The van der Waals surface area contributed by atoms with E-state index in [1.54, 1.807) is 12.4 Å². The van der Waals surface area contributed by atoms with Crippen molar-refractivity contribution in [3.8, 4) is 5.75 Å². The average molecular weight is 392 g/mol. The van der Waals surface area contributed by atoms with Crippen LogP contribution in [0, 0.1) is 0 Å². The second-order valence-electron chi connectivity index (χ2n) is 7.74. The summed E-state index contributed by atoms with van der Waals surface area (Å²) >= 11 is 0. The number of fused-ring (bicyclic) bond motifs is 2. The molecule has 5 rings (SSSR count). The van der Waals surface area contributed by atoms with E-state index < -0.39 is 0 Å². The smallest absolute Gasteiger partial charge is 0.251 e. The molecule has 0 spiro atoms. The molecule has 8 heteroatoms. The number of nitrogens with zero attached hydrogens (tertiary/aromatic N) is 4. The molecule has 2 aliphatic heterocycles. The molecule has 29 heavy (non-hydrogen) atoms. The van der Waals surface area contributed by atoms with Crippen molar-refractivity contribution in [1.29, 1.82) is 0 Å². The lowest BCUT2D eigenvalue weighted by atomic mass is 10.0. The number of hydrogen-bond donors (Lipinski definition) is 2. The first kappa shape index (κ1) is 18.1. The summed E-state index contributed by atoms with van der Waals surface area (Å²) in [6.07, 6.45) is 5.46. The van der Waals surface area contributed by atoms with Crippen LogP contribution in [0.1, 0.15) is 40.9 Å². The SMILES string of the molecule is C[C@@H]1Cc2cc(C(=O)NCCn3nc([C@@H]4CCNC4)c4nccnc43)ccc2O1. The van der Waals surface area contributed by atoms with E-state index in [0.717, 1.165) is 54.1 Å². The topological polar surface area (TPSA) is 94.0 Å². The van der Waals surface area contributed by atoms with Gasteiger partial charge in [-0.05, 0) is 43.7 Å². The Labute approximate surface area is 168 Å². The number of benzene rings is 1. The number of amides is 1. The van der Waals surface area contributed by atoms with Crippen LogP contribution in [0.4, 0.5) is 0 Å². The van der Waals surface area contributed by atoms with Crippen molar-refractivity contribution in [1.82, 2.24) is 30.4 Å². The van der Waals surface area contributed by atoms with E-state index in [0.29, 0.717) is 24.6 Å². The molecule has 1 saturated heterocycles. The normalized spacial score (nSPS) is 20.6. The van der Waals surface area contributed by atoms with E-state index in [1.807, 2.05) is 29.8 Å². The maximum absolute atomic E-state index is 12.6. The summed E-state index contributed by atoms with van der Waals surface area (Å²) in [6.45, 7) is 4.97. The van der Waals surface area contributed by atoms with Gasteiger partial charge in [0.1, 0.15) is 17.4 Å². The van der Waals surface area contributed by atoms with Crippen LogP contribution in [0.3, 0.4) is 0 Å². The van der Waals surface area contributed by atoms with Crippen molar-refractivity contribution in [2.75, 3.05) is 19.6 Å². The van der Waals surface area contributed by atoms with Crippen LogP contribution < -0.4 is 15.4 Å². The molecule has 2 aromatic heterocycles. The lowest BCUT2D eigenvalue weighted by Crippen LogP contribution is -2.27. The number of carbonyl (C=O) groups is 1. The van der Waals surface area contributed by atoms with Gasteiger partial charge in [-0.2, -0.15) is 5.10 Å². The van der Waals surface area contributed by atoms with Crippen LogP contribution >= 0.6 is 0 Å². The number of ether oxygens (including phenoxy) is 1. The molecular formula is C21H24N6O2. The molecule has 0 radical (unpaired) electrons. The zero-order chi connectivity index (χ0) is 19.8. The van der Waals surface area contributed by atoms with Crippen molar-refractivity contribution in [3.05, 3.63) is 47.4 Å². The van der Waals surface area contributed by atoms with Crippen LogP contribution in [-0.4, -0.2) is 51.4 Å². The molecular weight excluding hydrogens is 368 g/mol. The molecule has 2 atom stereocenters. The van der Waals surface area contributed by atoms with Gasteiger partial charge in [-0.15, -0.1) is 0 Å². The van der Waals surface area contributed by atoms with Gasteiger partial charge in [0.25, 0.3) is 5.91 Å². The van der Waals surface area contributed by atoms with E-state index in [9.17, 15) is 4.79 Å². The first-order valence-electron chi connectivity index (χ1n) is 10.1. The highest BCUT2D eigenvalue weighted by molar-refractivity contribution is 5.94. The Balaban J connectivity index is 1.28. The van der Waals surface area contributed by atoms with Gasteiger partial charge in [0.15, 0.2) is 5.65 Å². The Morgan fingerprint density at radius 2 is 2.24 bits per heavy atom. The van der Waals surface area contributed by atoms with Crippen LogP contribution in [-0.2, 0) is 13.0 Å². The zero-order valence-electron chi connectivity index (χ0n) is 16.4. The predicted octanol–water partition coefficient (Wildman–Crippen LogP) is 1.66. The molecule has 150 valence electrons. The van der Waals surface area contributed by atoms with E-state index in [2.05, 4.69) is 20.6 Å². The average Bonchev–Trinajstić information content (AvgIpc) is 3.45. The van der Waals surface area contributed by atoms with E-state index in [-0.39, 0.29) is 12.0 Å². The van der Waals surface area contributed by atoms with Crippen LogP contribution in [0.15, 0.2) is 30.6 Å². The Kier molecular flexibility index (Phi) is 4.63. The van der Waals surface area contributed by atoms with Gasteiger partial charge >= 0.3 is 0 Å². The zero-order valence-corrected chi connectivity index (χ0v) is 16.4. The number of aromatic nitrogens is 4. The molecule has 8 nitrogen and oxygen atoms in total. The van der Waals surface area contributed by atoms with Crippen molar-refractivity contribution >= 4 is 17.1 Å². The highest BCUT2D eigenvalue weighted by atomic mass is 16.5. The van der Waals surface area contributed by atoms with Gasteiger partial charge < -0.3 is 15.4 Å². The molecule has 1 aromatic carbocycles. The molecule has 0 saturated carbocycles. The van der Waals surface area contributed by atoms with E-state index >= 15 is 0 Å². The lowest BCUT2D eigenvalue weighted by molar-refractivity contribution is 0.0952. The number of carbonyl (C=O) groups excluding carboxylic acids is 1. The minimum absolute atomic E-state index is 0.0879. The predicted molar refractivity (Wildman–Crippen MR) is 108 cm³/mol. The third-order valence-corrected chi connectivity index (χ3v) is 5.61. The van der Waals surface area contributed by atoms with Crippen LogP contribution in [0.2, 0.25) is 0 Å². The van der Waals surface area contributed by atoms with Crippen molar-refractivity contribution in [3.63, 3.8) is 0 Å². The summed E-state index contributed by atoms with van der Waals surface area (Å²) in [6, 6.07) is 5.62. The Hall–Kier alpha value is -3.00. The van der Waals surface area contributed by atoms with Crippen molar-refractivity contribution in [2.45, 2.75) is 38.3 Å². The Morgan fingerprint density at radius 3 is 3.10 bits per heavy atom. The van der Waals surface area contributed by atoms with Crippen molar-refractivity contribution < 1.29 is 9.53 Å². The summed E-state index contributed by atoms with van der Waals surface area (Å²) in [5.41, 5.74) is 4.38. The summed E-state index contributed by atoms with van der Waals surface area (Å²) in [5.74, 6) is 1.15. The van der Waals surface area contributed by atoms with Gasteiger partial charge in [-0.1, -0.05) is 0 Å². The van der Waals surface area contributed by atoms with Crippen molar-refractivity contribution in [2.24, 2.45) is 0 Å². The Bertz CT molecular complexity index is 1060. The first-order chi connectivity index (χ1) is 14.2. The number of rotatable bonds is 5. The van der Waals surface area contributed by atoms with Gasteiger partial charge in [-0.3, -0.25) is 4.79 Å². The highest BCUT2D eigenvalue weighted by Crippen LogP contribution is 2.29.